The molecule has 0 aromatic heterocycles. The number of hydrogen-bond acceptors (Lipinski definition) is 3. The molecule has 5 nitrogen and oxygen atoms in total. The zero-order chi connectivity index (χ0) is 17.7. The van der Waals surface area contributed by atoms with Gasteiger partial charge >= 0.3 is 0 Å². The second kappa shape index (κ2) is 7.50. The standard InChI is InChI=1S/C16H16F2N2O3S/c1-24(22,23)19-7-6-11-2-4-12(5-3-11)16(21)20-15-9-13(17)8-14(18)10-15/h2-5,8-10,19H,6-7H2,1H3,(H,20,21). The van der Waals surface area contributed by atoms with Gasteiger partial charge < -0.3 is 5.32 Å². The van der Waals surface area contributed by atoms with Crippen LogP contribution in [0, 0.1) is 11.6 Å². The molecule has 0 saturated heterocycles. The molecule has 0 bridgehead atoms. The maximum atomic E-state index is 13.1. The highest BCUT2D eigenvalue weighted by molar-refractivity contribution is 7.88. The molecule has 0 atom stereocenters. The highest BCUT2D eigenvalue weighted by Crippen LogP contribution is 2.14. The fourth-order valence-corrected chi connectivity index (χ4v) is 2.51. The molecule has 0 spiro atoms. The van der Waals surface area contributed by atoms with Crippen molar-refractivity contribution in [1.29, 1.82) is 0 Å². The molecule has 0 saturated carbocycles. The Balaban J connectivity index is 1.98. The summed E-state index contributed by atoms with van der Waals surface area (Å²) in [5.74, 6) is -2.06. The minimum Gasteiger partial charge on any atom is -0.322 e. The Bertz CT molecular complexity index is 817. The summed E-state index contributed by atoms with van der Waals surface area (Å²) in [7, 11) is -3.23. The number of nitrogens with one attached hydrogen (secondary N) is 2. The number of carbonyl (C=O) groups excluding carboxylic acids is 1. The van der Waals surface area contributed by atoms with Crippen LogP contribution in [0.2, 0.25) is 0 Å². The highest BCUT2D eigenvalue weighted by atomic mass is 32.2. The summed E-state index contributed by atoms with van der Waals surface area (Å²) in [6.45, 7) is 0.257. The summed E-state index contributed by atoms with van der Waals surface area (Å²) < 4.78 is 50.5. The average Bonchev–Trinajstić information content (AvgIpc) is 2.45. The Hall–Kier alpha value is -2.32. The van der Waals surface area contributed by atoms with Crippen molar-refractivity contribution >= 4 is 21.6 Å². The molecule has 24 heavy (non-hydrogen) atoms. The van der Waals surface area contributed by atoms with Gasteiger partial charge in [-0.25, -0.2) is 21.9 Å². The van der Waals surface area contributed by atoms with Crippen LogP contribution in [0.3, 0.4) is 0 Å². The molecular weight excluding hydrogens is 338 g/mol. The molecule has 0 fully saturated rings. The average molecular weight is 354 g/mol. The molecule has 0 aliphatic carbocycles. The Morgan fingerprint density at radius 3 is 2.17 bits per heavy atom. The maximum Gasteiger partial charge on any atom is 0.255 e. The van der Waals surface area contributed by atoms with Crippen LogP contribution in [-0.2, 0) is 16.4 Å². The lowest BCUT2D eigenvalue weighted by molar-refractivity contribution is 0.102. The van der Waals surface area contributed by atoms with Gasteiger partial charge in [-0.2, -0.15) is 0 Å². The van der Waals surface area contributed by atoms with Gasteiger partial charge in [-0.3, -0.25) is 4.79 Å². The number of benzene rings is 2. The molecule has 0 unspecified atom stereocenters. The van der Waals surface area contributed by atoms with Crippen LogP contribution in [-0.4, -0.2) is 27.1 Å². The number of hydrogen-bond donors (Lipinski definition) is 2. The number of sulfonamides is 1. The van der Waals surface area contributed by atoms with Gasteiger partial charge in [-0.05, 0) is 36.2 Å². The Morgan fingerprint density at radius 2 is 1.62 bits per heavy atom. The van der Waals surface area contributed by atoms with Crippen LogP contribution in [0.5, 0.6) is 0 Å². The van der Waals surface area contributed by atoms with E-state index >= 15 is 0 Å². The third-order valence-corrected chi connectivity index (χ3v) is 3.84. The van der Waals surface area contributed by atoms with Crippen molar-refractivity contribution in [2.45, 2.75) is 6.42 Å². The molecule has 1 amide bonds. The van der Waals surface area contributed by atoms with Crippen LogP contribution in [0.1, 0.15) is 15.9 Å². The predicted octanol–water partition coefficient (Wildman–Crippen LogP) is 2.31. The van der Waals surface area contributed by atoms with Gasteiger partial charge in [0.25, 0.3) is 5.91 Å². The van der Waals surface area contributed by atoms with Crippen LogP contribution < -0.4 is 10.0 Å². The molecule has 2 N–H and O–H groups in total. The maximum absolute atomic E-state index is 13.1. The molecule has 0 radical (unpaired) electrons. The first-order chi connectivity index (χ1) is 11.2. The van der Waals surface area contributed by atoms with E-state index in [1.165, 1.54) is 0 Å². The molecule has 128 valence electrons. The summed E-state index contributed by atoms with van der Waals surface area (Å²) in [5.41, 5.74) is 1.19. The van der Waals surface area contributed by atoms with E-state index in [2.05, 4.69) is 10.0 Å². The third kappa shape index (κ3) is 5.71. The smallest absolute Gasteiger partial charge is 0.255 e. The van der Waals surface area contributed by atoms with Gasteiger partial charge in [-0.15, -0.1) is 0 Å². The van der Waals surface area contributed by atoms with Crippen molar-refractivity contribution in [3.05, 3.63) is 65.2 Å². The fourth-order valence-electron chi connectivity index (χ4n) is 2.03. The van der Waals surface area contributed by atoms with Gasteiger partial charge in [0, 0.05) is 23.9 Å². The highest BCUT2D eigenvalue weighted by Gasteiger charge is 2.08. The fraction of sp³-hybridized carbons (Fsp3) is 0.188. The van der Waals surface area contributed by atoms with Crippen LogP contribution in [0.4, 0.5) is 14.5 Å². The van der Waals surface area contributed by atoms with Gasteiger partial charge in [0.1, 0.15) is 11.6 Å². The summed E-state index contributed by atoms with van der Waals surface area (Å²) >= 11 is 0. The van der Waals surface area contributed by atoms with E-state index in [4.69, 9.17) is 0 Å². The van der Waals surface area contributed by atoms with Crippen molar-refractivity contribution in [3.63, 3.8) is 0 Å². The summed E-state index contributed by atoms with van der Waals surface area (Å²) in [5, 5.41) is 2.41. The largest absolute Gasteiger partial charge is 0.322 e. The second-order valence-corrected chi connectivity index (χ2v) is 7.06. The molecule has 8 heteroatoms. The van der Waals surface area contributed by atoms with Crippen LogP contribution in [0.25, 0.3) is 0 Å². The SMILES string of the molecule is CS(=O)(=O)NCCc1ccc(C(=O)Nc2cc(F)cc(F)c2)cc1. The number of anilines is 1. The minimum atomic E-state index is -3.23. The number of rotatable bonds is 6. The predicted molar refractivity (Wildman–Crippen MR) is 87.3 cm³/mol. The van der Waals surface area contributed by atoms with Gasteiger partial charge in [-0.1, -0.05) is 12.1 Å². The van der Waals surface area contributed by atoms with E-state index in [0.29, 0.717) is 12.0 Å². The van der Waals surface area contributed by atoms with Crippen molar-refractivity contribution in [1.82, 2.24) is 4.72 Å². The molecule has 2 aromatic carbocycles. The van der Waals surface area contributed by atoms with E-state index in [1.54, 1.807) is 24.3 Å². The molecule has 0 heterocycles. The van der Waals surface area contributed by atoms with Crippen LogP contribution >= 0.6 is 0 Å². The molecular formula is C16H16F2N2O3S. The van der Waals surface area contributed by atoms with E-state index in [0.717, 1.165) is 30.0 Å². The Labute approximate surface area is 138 Å². The molecule has 0 aliphatic rings. The monoisotopic (exact) mass is 354 g/mol. The lowest BCUT2D eigenvalue weighted by Crippen LogP contribution is -2.24. The number of halogens is 2. The van der Waals surface area contributed by atoms with Gasteiger partial charge in [0.05, 0.1) is 6.26 Å². The van der Waals surface area contributed by atoms with Crippen molar-refractivity contribution < 1.29 is 22.0 Å². The summed E-state index contributed by atoms with van der Waals surface area (Å²) in [4.78, 5) is 12.0. The minimum absolute atomic E-state index is 0.0268. The first-order valence-corrected chi connectivity index (χ1v) is 8.93. The molecule has 2 aromatic rings. The van der Waals surface area contributed by atoms with E-state index < -0.39 is 27.6 Å². The van der Waals surface area contributed by atoms with E-state index in [1.807, 2.05) is 0 Å². The second-order valence-electron chi connectivity index (χ2n) is 5.23. The van der Waals surface area contributed by atoms with Crippen molar-refractivity contribution in [2.75, 3.05) is 18.1 Å². The summed E-state index contributed by atoms with van der Waals surface area (Å²) in [6, 6.07) is 9.24. The first kappa shape index (κ1) is 18.0. The zero-order valence-electron chi connectivity index (χ0n) is 12.8. The number of carbonyl (C=O) groups is 1. The Morgan fingerprint density at radius 1 is 1.04 bits per heavy atom. The third-order valence-electron chi connectivity index (χ3n) is 3.11. The lowest BCUT2D eigenvalue weighted by Gasteiger charge is -2.07. The summed E-state index contributed by atoms with van der Waals surface area (Å²) in [6.07, 6.45) is 1.56. The number of amides is 1. The first-order valence-electron chi connectivity index (χ1n) is 7.04. The van der Waals surface area contributed by atoms with Crippen LogP contribution in [0.15, 0.2) is 42.5 Å². The van der Waals surface area contributed by atoms with Gasteiger partial charge in [0.2, 0.25) is 10.0 Å². The van der Waals surface area contributed by atoms with E-state index in [-0.39, 0.29) is 12.2 Å². The van der Waals surface area contributed by atoms with Crippen molar-refractivity contribution in [2.24, 2.45) is 0 Å². The normalized spacial score (nSPS) is 11.3. The Kier molecular flexibility index (Phi) is 5.63. The van der Waals surface area contributed by atoms with E-state index in [9.17, 15) is 22.0 Å². The topological polar surface area (TPSA) is 75.3 Å². The quantitative estimate of drug-likeness (QED) is 0.836. The van der Waals surface area contributed by atoms with Gasteiger partial charge in [0.15, 0.2) is 0 Å². The molecule has 2 rings (SSSR count). The van der Waals surface area contributed by atoms with Crippen molar-refractivity contribution in [3.8, 4) is 0 Å². The molecule has 0 aliphatic heterocycles. The zero-order valence-corrected chi connectivity index (χ0v) is 13.7. The lowest BCUT2D eigenvalue weighted by atomic mass is 10.1.